The summed E-state index contributed by atoms with van der Waals surface area (Å²) in [5.41, 5.74) is 1.92. The molecule has 0 N–H and O–H groups in total. The van der Waals surface area contributed by atoms with Gasteiger partial charge in [-0.2, -0.15) is 5.26 Å². The van der Waals surface area contributed by atoms with E-state index in [1.54, 1.807) is 34.9 Å². The van der Waals surface area contributed by atoms with Gasteiger partial charge < -0.3 is 9.64 Å². The monoisotopic (exact) mass is 408 g/mol. The molecule has 154 valence electrons. The molecule has 4 heterocycles. The van der Waals surface area contributed by atoms with Crippen LogP contribution >= 0.6 is 0 Å². The van der Waals surface area contributed by atoms with Crippen LogP contribution < -0.4 is 4.74 Å². The summed E-state index contributed by atoms with van der Waals surface area (Å²) >= 11 is 0. The van der Waals surface area contributed by atoms with Crippen LogP contribution in [-0.4, -0.2) is 50.4 Å². The van der Waals surface area contributed by atoms with Gasteiger partial charge in [0.2, 0.25) is 5.91 Å². The highest BCUT2D eigenvalue weighted by Crippen LogP contribution is 2.27. The molecule has 1 aliphatic heterocycles. The Hall–Kier alpha value is -3.54. The van der Waals surface area contributed by atoms with E-state index in [1.165, 1.54) is 12.3 Å². The van der Waals surface area contributed by atoms with Crippen LogP contribution in [0.25, 0.3) is 17.2 Å². The van der Waals surface area contributed by atoms with Gasteiger partial charge in [-0.05, 0) is 37.3 Å². The number of fused-ring (bicyclic) bond motifs is 1. The number of piperidine rings is 1. The van der Waals surface area contributed by atoms with Gasteiger partial charge in [-0.1, -0.05) is 0 Å². The molecule has 3 aromatic rings. The van der Waals surface area contributed by atoms with E-state index in [4.69, 9.17) is 15.0 Å². The molecule has 0 radical (unpaired) electrons. The molecule has 1 fully saturated rings. The minimum absolute atomic E-state index is 0.0987. The molecule has 0 aromatic carbocycles. The maximum absolute atomic E-state index is 13.7. The summed E-state index contributed by atoms with van der Waals surface area (Å²) in [6.07, 6.45) is 6.93. The Bertz CT molecular complexity index is 1120. The summed E-state index contributed by atoms with van der Waals surface area (Å²) in [5.74, 6) is 0.694. The fourth-order valence-corrected chi connectivity index (χ4v) is 3.88. The Morgan fingerprint density at radius 3 is 3.03 bits per heavy atom. The molecular weight excluding hydrogens is 387 g/mol. The first kappa shape index (κ1) is 19.8. The van der Waals surface area contributed by atoms with E-state index >= 15 is 0 Å². The maximum Gasteiger partial charge on any atom is 0.236 e. The van der Waals surface area contributed by atoms with E-state index in [0.29, 0.717) is 42.4 Å². The zero-order chi connectivity index (χ0) is 21.1. The van der Waals surface area contributed by atoms with Crippen molar-refractivity contribution in [3.8, 4) is 23.3 Å². The van der Waals surface area contributed by atoms with Crippen LogP contribution in [0.1, 0.15) is 25.0 Å². The summed E-state index contributed by atoms with van der Waals surface area (Å²) in [6, 6.07) is 4.87. The van der Waals surface area contributed by atoms with Gasteiger partial charge in [0.1, 0.15) is 23.6 Å². The summed E-state index contributed by atoms with van der Waals surface area (Å²) in [5, 5.41) is 8.79. The zero-order valence-electron chi connectivity index (χ0n) is 16.6. The molecule has 0 unspecified atom stereocenters. The minimum atomic E-state index is -0.375. The van der Waals surface area contributed by atoms with Crippen molar-refractivity contribution in [3.05, 3.63) is 42.2 Å². The first-order valence-electron chi connectivity index (χ1n) is 9.76. The molecule has 8 nitrogen and oxygen atoms in total. The van der Waals surface area contributed by atoms with Crippen LogP contribution in [0.15, 0.2) is 30.7 Å². The SMILES string of the molecule is COc1cnc(-c2cnc3ccc(F)cn23)nc1C[C@@H]1CCCN(C(=O)CC#N)C1. The second-order valence-electron chi connectivity index (χ2n) is 7.31. The Morgan fingerprint density at radius 2 is 2.23 bits per heavy atom. The number of carbonyl (C=O) groups excluding carboxylic acids is 1. The number of halogens is 1. The van der Waals surface area contributed by atoms with Crippen molar-refractivity contribution >= 4 is 11.6 Å². The van der Waals surface area contributed by atoms with Crippen LogP contribution in [0, 0.1) is 23.1 Å². The number of pyridine rings is 1. The number of likely N-dealkylation sites (tertiary alicyclic amines) is 1. The molecule has 4 rings (SSSR count). The second kappa shape index (κ2) is 8.45. The first-order chi connectivity index (χ1) is 14.6. The van der Waals surface area contributed by atoms with Gasteiger partial charge >= 0.3 is 0 Å². The van der Waals surface area contributed by atoms with Gasteiger partial charge in [0, 0.05) is 19.3 Å². The van der Waals surface area contributed by atoms with Crippen LogP contribution in [0.4, 0.5) is 4.39 Å². The van der Waals surface area contributed by atoms with Crippen LogP contribution in [0.2, 0.25) is 0 Å². The molecule has 30 heavy (non-hydrogen) atoms. The number of hydrogen-bond acceptors (Lipinski definition) is 6. The average molecular weight is 408 g/mol. The third kappa shape index (κ3) is 3.94. The van der Waals surface area contributed by atoms with Gasteiger partial charge in [0.15, 0.2) is 11.6 Å². The molecule has 0 aliphatic carbocycles. The quantitative estimate of drug-likeness (QED) is 0.644. The van der Waals surface area contributed by atoms with Crippen molar-refractivity contribution in [1.82, 2.24) is 24.3 Å². The van der Waals surface area contributed by atoms with E-state index in [0.717, 1.165) is 18.5 Å². The number of hydrogen-bond donors (Lipinski definition) is 0. The normalized spacial score (nSPS) is 16.4. The number of aromatic nitrogens is 4. The van der Waals surface area contributed by atoms with Gasteiger partial charge in [-0.25, -0.2) is 19.3 Å². The molecule has 3 aromatic heterocycles. The number of amides is 1. The van der Waals surface area contributed by atoms with Crippen molar-refractivity contribution in [3.63, 3.8) is 0 Å². The number of ether oxygens (including phenoxy) is 1. The third-order valence-electron chi connectivity index (χ3n) is 5.33. The Kier molecular flexibility index (Phi) is 5.57. The van der Waals surface area contributed by atoms with Crippen molar-refractivity contribution in [2.24, 2.45) is 5.92 Å². The smallest absolute Gasteiger partial charge is 0.236 e. The lowest BCUT2D eigenvalue weighted by molar-refractivity contribution is -0.131. The maximum atomic E-state index is 13.7. The molecule has 1 atom stereocenters. The highest BCUT2D eigenvalue weighted by Gasteiger charge is 2.25. The average Bonchev–Trinajstić information content (AvgIpc) is 3.17. The standard InChI is InChI=1S/C21H21FN6O2/c1-30-18-11-25-21(17-10-24-19-5-4-15(22)13-28(17)19)26-16(18)9-14-3-2-8-27(12-14)20(29)6-7-23/h4-5,10-11,13-14H,2-3,6,8-9,12H2,1H3/t14-/m0/s1. The van der Waals surface area contributed by atoms with Crippen molar-refractivity contribution < 1.29 is 13.9 Å². The van der Waals surface area contributed by atoms with E-state index in [2.05, 4.69) is 9.97 Å². The Labute approximate surface area is 173 Å². The second-order valence-corrected chi connectivity index (χ2v) is 7.31. The molecule has 1 aliphatic rings. The third-order valence-corrected chi connectivity index (χ3v) is 5.33. The fraction of sp³-hybridized carbons (Fsp3) is 0.381. The van der Waals surface area contributed by atoms with Crippen molar-refractivity contribution in [1.29, 1.82) is 5.26 Å². The lowest BCUT2D eigenvalue weighted by atomic mass is 9.93. The number of nitrogens with zero attached hydrogens (tertiary/aromatic N) is 6. The van der Waals surface area contributed by atoms with Gasteiger partial charge in [-0.3, -0.25) is 9.20 Å². The predicted molar refractivity (Wildman–Crippen MR) is 106 cm³/mol. The number of rotatable bonds is 5. The van der Waals surface area contributed by atoms with Crippen LogP contribution in [0.5, 0.6) is 5.75 Å². The number of methoxy groups -OCH3 is 1. The molecule has 1 saturated heterocycles. The minimum Gasteiger partial charge on any atom is -0.493 e. The number of nitriles is 1. The highest BCUT2D eigenvalue weighted by molar-refractivity contribution is 5.78. The summed E-state index contributed by atoms with van der Waals surface area (Å²) in [6.45, 7) is 1.26. The van der Waals surface area contributed by atoms with Crippen molar-refractivity contribution in [2.45, 2.75) is 25.7 Å². The molecule has 0 saturated carbocycles. The molecule has 1 amide bonds. The van der Waals surface area contributed by atoms with E-state index in [9.17, 15) is 9.18 Å². The first-order valence-corrected chi connectivity index (χ1v) is 9.76. The highest BCUT2D eigenvalue weighted by atomic mass is 19.1. The Morgan fingerprint density at radius 1 is 1.37 bits per heavy atom. The van der Waals surface area contributed by atoms with Gasteiger partial charge in [0.25, 0.3) is 0 Å². The summed E-state index contributed by atoms with van der Waals surface area (Å²) in [7, 11) is 1.56. The van der Waals surface area contributed by atoms with Crippen LogP contribution in [0.3, 0.4) is 0 Å². The number of imidazole rings is 1. The van der Waals surface area contributed by atoms with E-state index in [1.807, 2.05) is 6.07 Å². The summed E-state index contributed by atoms with van der Waals surface area (Å²) in [4.78, 5) is 27.2. The Balaban J connectivity index is 1.61. The van der Waals surface area contributed by atoms with E-state index in [-0.39, 0.29) is 24.1 Å². The van der Waals surface area contributed by atoms with Gasteiger partial charge in [0.05, 0.1) is 31.3 Å². The fourth-order valence-electron chi connectivity index (χ4n) is 3.88. The predicted octanol–water partition coefficient (Wildman–Crippen LogP) is 2.63. The lowest BCUT2D eigenvalue weighted by Gasteiger charge is -2.32. The zero-order valence-corrected chi connectivity index (χ0v) is 16.6. The van der Waals surface area contributed by atoms with Crippen molar-refractivity contribution in [2.75, 3.05) is 20.2 Å². The van der Waals surface area contributed by atoms with E-state index < -0.39 is 0 Å². The topological polar surface area (TPSA) is 96.4 Å². The van der Waals surface area contributed by atoms with Gasteiger partial charge in [-0.15, -0.1) is 0 Å². The van der Waals surface area contributed by atoms with Crippen LogP contribution in [-0.2, 0) is 11.2 Å². The number of carbonyl (C=O) groups is 1. The molecule has 0 spiro atoms. The summed E-state index contributed by atoms with van der Waals surface area (Å²) < 4.78 is 20.8. The largest absolute Gasteiger partial charge is 0.493 e. The molecular formula is C21H21FN6O2. The lowest BCUT2D eigenvalue weighted by Crippen LogP contribution is -2.40. The molecule has 0 bridgehead atoms. The molecule has 9 heteroatoms.